The fraction of sp³-hybridized carbons (Fsp3) is 0.350. The van der Waals surface area contributed by atoms with Gasteiger partial charge in [-0.05, 0) is 30.7 Å². The molecule has 0 spiro atoms. The molecule has 3 rings (SSSR count). The Labute approximate surface area is 187 Å². The fourth-order valence-corrected chi connectivity index (χ4v) is 3.25. The molecule has 2 heterocycles. The normalized spacial score (nSPS) is 16.3. The zero-order chi connectivity index (χ0) is 24.1. The van der Waals surface area contributed by atoms with Gasteiger partial charge < -0.3 is 37.2 Å². The molecule has 0 saturated heterocycles. The molecular weight excluding hydrogens is 434 g/mol. The highest BCUT2D eigenvalue weighted by Crippen LogP contribution is 2.20. The molecule has 0 aliphatic carbocycles. The summed E-state index contributed by atoms with van der Waals surface area (Å²) in [6.45, 7) is 2.33. The summed E-state index contributed by atoms with van der Waals surface area (Å²) in [5.74, 6) is -3.56. The van der Waals surface area contributed by atoms with E-state index in [0.29, 0.717) is 30.3 Å². The highest BCUT2D eigenvalue weighted by molar-refractivity contribution is 5.97. The number of nitrogens with zero attached hydrogens (tertiary/aromatic N) is 1. The number of aliphatic carboxylic acids is 2. The maximum Gasteiger partial charge on any atom is 0.326 e. The van der Waals surface area contributed by atoms with E-state index in [9.17, 15) is 24.3 Å². The number of nitrogen functional groups attached to an aromatic ring is 1. The summed E-state index contributed by atoms with van der Waals surface area (Å²) in [6.07, 6.45) is -0.230. The van der Waals surface area contributed by atoms with Crippen LogP contribution in [0, 0.1) is 5.92 Å². The Bertz CT molecular complexity index is 1100. The van der Waals surface area contributed by atoms with Gasteiger partial charge in [0.25, 0.3) is 11.5 Å². The van der Waals surface area contributed by atoms with Crippen LogP contribution in [0.1, 0.15) is 23.7 Å². The molecule has 1 aliphatic heterocycles. The van der Waals surface area contributed by atoms with Crippen molar-refractivity contribution in [3.05, 3.63) is 40.2 Å². The Kier molecular flexibility index (Phi) is 7.00. The number of anilines is 4. The van der Waals surface area contributed by atoms with Crippen LogP contribution in [0.2, 0.25) is 0 Å². The minimum Gasteiger partial charge on any atom is -0.481 e. The molecule has 1 unspecified atom stereocenters. The Morgan fingerprint density at radius 3 is 2.55 bits per heavy atom. The van der Waals surface area contributed by atoms with Gasteiger partial charge in [-0.2, -0.15) is 4.98 Å². The first-order chi connectivity index (χ1) is 15.6. The number of aromatic amines is 1. The van der Waals surface area contributed by atoms with Crippen LogP contribution in [0.3, 0.4) is 0 Å². The minimum atomic E-state index is -1.32. The molecule has 13 heteroatoms. The molecule has 13 nitrogen and oxygen atoms in total. The Balaban J connectivity index is 1.55. The molecule has 2 aromatic rings. The van der Waals surface area contributed by atoms with Crippen LogP contribution in [-0.4, -0.2) is 63.2 Å². The van der Waals surface area contributed by atoms with E-state index in [4.69, 9.17) is 10.8 Å². The van der Waals surface area contributed by atoms with Gasteiger partial charge in [-0.15, -0.1) is 0 Å². The van der Waals surface area contributed by atoms with E-state index in [-0.39, 0.29) is 29.5 Å². The molecule has 3 atom stereocenters. The monoisotopic (exact) mass is 459 g/mol. The molecule has 1 aromatic heterocycles. The van der Waals surface area contributed by atoms with E-state index in [2.05, 4.69) is 31.2 Å². The average molecular weight is 459 g/mol. The maximum absolute atomic E-state index is 12.4. The third-order valence-corrected chi connectivity index (χ3v) is 5.12. The van der Waals surface area contributed by atoms with E-state index in [1.165, 1.54) is 19.1 Å². The lowest BCUT2D eigenvalue weighted by molar-refractivity contribution is -0.143. The standard InChI is InChI=1S/C20H25N7O6/c1-9(18(30)31)6-13(19(32)33)25-16(28)10-2-4-11(5-3-10)22-7-12-8-23-15-14(24-12)17(29)27-20(21)26-15/h2-5,9,12-13,22,24H,6-8H2,1H3,(H,25,28)(H,30,31)(H,32,33)(H4,21,23,26,27,29)/t9?,12-,13-/m0/s1. The third kappa shape index (κ3) is 5.90. The van der Waals surface area contributed by atoms with Crippen molar-refractivity contribution < 1.29 is 24.6 Å². The summed E-state index contributed by atoms with van der Waals surface area (Å²) in [5.41, 5.74) is 6.40. The summed E-state index contributed by atoms with van der Waals surface area (Å²) in [6, 6.07) is 4.92. The summed E-state index contributed by atoms with van der Waals surface area (Å²) < 4.78 is 0. The molecule has 0 radical (unpaired) electrons. The zero-order valence-corrected chi connectivity index (χ0v) is 17.7. The number of fused-ring (bicyclic) bond motifs is 1. The number of carboxylic acid groups (broad SMARTS) is 2. The molecule has 0 saturated carbocycles. The van der Waals surface area contributed by atoms with Crippen molar-refractivity contribution in [2.75, 3.05) is 34.8 Å². The number of aromatic nitrogens is 2. The second-order valence-electron chi connectivity index (χ2n) is 7.69. The van der Waals surface area contributed by atoms with E-state index < -0.39 is 29.8 Å². The van der Waals surface area contributed by atoms with Crippen molar-refractivity contribution in [3.8, 4) is 0 Å². The largest absolute Gasteiger partial charge is 0.481 e. The van der Waals surface area contributed by atoms with Crippen LogP contribution in [-0.2, 0) is 9.59 Å². The van der Waals surface area contributed by atoms with Crippen LogP contribution in [0.4, 0.5) is 23.1 Å². The lowest BCUT2D eigenvalue weighted by Gasteiger charge is -2.27. The zero-order valence-electron chi connectivity index (χ0n) is 17.7. The Hall–Kier alpha value is -4.29. The molecule has 1 aromatic carbocycles. The molecule has 1 amide bonds. The number of hydrogen-bond acceptors (Lipinski definition) is 9. The first-order valence-corrected chi connectivity index (χ1v) is 10.1. The number of nitrogens with one attached hydrogen (secondary N) is 5. The van der Waals surface area contributed by atoms with Crippen molar-refractivity contribution in [1.29, 1.82) is 0 Å². The van der Waals surface area contributed by atoms with Gasteiger partial charge in [-0.3, -0.25) is 19.4 Å². The van der Waals surface area contributed by atoms with Crippen LogP contribution < -0.4 is 32.6 Å². The average Bonchev–Trinajstić information content (AvgIpc) is 2.77. The molecule has 1 aliphatic rings. The Morgan fingerprint density at radius 2 is 1.91 bits per heavy atom. The van der Waals surface area contributed by atoms with E-state index >= 15 is 0 Å². The van der Waals surface area contributed by atoms with Crippen LogP contribution in [0.25, 0.3) is 0 Å². The SMILES string of the molecule is CC(C[C@H](NC(=O)c1ccc(NC[C@H]2CNc3nc(N)[nH]c(=O)c3N2)cc1)C(=O)O)C(=O)O. The van der Waals surface area contributed by atoms with Gasteiger partial charge in [0, 0.05) is 24.3 Å². The summed E-state index contributed by atoms with van der Waals surface area (Å²) >= 11 is 0. The molecule has 0 fully saturated rings. The van der Waals surface area contributed by atoms with E-state index in [1.807, 2.05) is 0 Å². The van der Waals surface area contributed by atoms with Gasteiger partial charge in [-0.25, -0.2) is 4.79 Å². The summed E-state index contributed by atoms with van der Waals surface area (Å²) in [5, 5.41) is 29.9. The number of hydrogen-bond donors (Lipinski definition) is 8. The topological polar surface area (TPSA) is 212 Å². The quantitative estimate of drug-likeness (QED) is 0.249. The van der Waals surface area contributed by atoms with Gasteiger partial charge in [0.2, 0.25) is 5.95 Å². The van der Waals surface area contributed by atoms with Gasteiger partial charge in [0.1, 0.15) is 11.7 Å². The number of amides is 1. The number of carbonyl (C=O) groups is 3. The number of carbonyl (C=O) groups excluding carboxylic acids is 1. The number of H-pyrrole nitrogens is 1. The second-order valence-corrected chi connectivity index (χ2v) is 7.69. The highest BCUT2D eigenvalue weighted by atomic mass is 16.4. The van der Waals surface area contributed by atoms with Gasteiger partial charge in [0.15, 0.2) is 5.82 Å². The number of benzene rings is 1. The van der Waals surface area contributed by atoms with Crippen molar-refractivity contribution in [2.24, 2.45) is 5.92 Å². The lowest BCUT2D eigenvalue weighted by Crippen LogP contribution is -2.42. The van der Waals surface area contributed by atoms with Gasteiger partial charge >= 0.3 is 11.9 Å². The highest BCUT2D eigenvalue weighted by Gasteiger charge is 2.26. The smallest absolute Gasteiger partial charge is 0.326 e. The first kappa shape index (κ1) is 23.4. The molecule has 9 N–H and O–H groups in total. The predicted octanol–water partition coefficient (Wildman–Crippen LogP) is -0.0360. The molecule has 176 valence electrons. The minimum absolute atomic E-state index is 0.0276. The van der Waals surface area contributed by atoms with Gasteiger partial charge in [0.05, 0.1) is 12.0 Å². The van der Waals surface area contributed by atoms with Crippen molar-refractivity contribution in [2.45, 2.75) is 25.4 Å². The van der Waals surface area contributed by atoms with Crippen LogP contribution in [0.15, 0.2) is 29.1 Å². The van der Waals surface area contributed by atoms with E-state index in [0.717, 1.165) is 0 Å². The van der Waals surface area contributed by atoms with E-state index in [1.54, 1.807) is 12.1 Å². The maximum atomic E-state index is 12.4. The molecule has 33 heavy (non-hydrogen) atoms. The summed E-state index contributed by atoms with van der Waals surface area (Å²) in [4.78, 5) is 53.2. The molecular formula is C20H25N7O6. The predicted molar refractivity (Wildman–Crippen MR) is 120 cm³/mol. The van der Waals surface area contributed by atoms with Crippen LogP contribution >= 0.6 is 0 Å². The number of rotatable bonds is 9. The Morgan fingerprint density at radius 1 is 1.21 bits per heavy atom. The summed E-state index contributed by atoms with van der Waals surface area (Å²) in [7, 11) is 0. The first-order valence-electron chi connectivity index (χ1n) is 10.1. The fourth-order valence-electron chi connectivity index (χ4n) is 3.25. The van der Waals surface area contributed by atoms with Crippen molar-refractivity contribution >= 4 is 41.0 Å². The number of nitrogens with two attached hydrogens (primary N) is 1. The lowest BCUT2D eigenvalue weighted by atomic mass is 10.0. The van der Waals surface area contributed by atoms with Crippen molar-refractivity contribution in [3.63, 3.8) is 0 Å². The van der Waals surface area contributed by atoms with Crippen LogP contribution in [0.5, 0.6) is 0 Å². The van der Waals surface area contributed by atoms with Gasteiger partial charge in [-0.1, -0.05) is 6.92 Å². The third-order valence-electron chi connectivity index (χ3n) is 5.12. The van der Waals surface area contributed by atoms with Crippen molar-refractivity contribution in [1.82, 2.24) is 15.3 Å². The molecule has 0 bridgehead atoms. The number of carboxylic acids is 2. The second kappa shape index (κ2) is 9.89.